The molecular weight excluding hydrogens is 210 g/mol. The number of hydrogen-bond acceptors (Lipinski definition) is 3. The normalized spacial score (nSPS) is 19.2. The Morgan fingerprint density at radius 1 is 1.53 bits per heavy atom. The average molecular weight is 225 g/mol. The highest BCUT2D eigenvalue weighted by molar-refractivity contribution is 7.09. The number of likely N-dealkylation sites (tertiary alicyclic amines) is 1. The van der Waals surface area contributed by atoms with Gasteiger partial charge in [0.2, 0.25) is 0 Å². The highest BCUT2D eigenvalue weighted by Gasteiger charge is 2.28. The highest BCUT2D eigenvalue weighted by atomic mass is 32.1. The van der Waals surface area contributed by atoms with Crippen LogP contribution in [-0.2, 0) is 11.2 Å². The molecule has 1 aliphatic heterocycles. The van der Waals surface area contributed by atoms with Gasteiger partial charge < -0.3 is 5.11 Å². The molecule has 0 radical (unpaired) electrons. The first-order chi connectivity index (χ1) is 7.27. The van der Waals surface area contributed by atoms with E-state index in [1.807, 2.05) is 17.5 Å². The van der Waals surface area contributed by atoms with Crippen molar-refractivity contribution in [3.63, 3.8) is 0 Å². The lowest BCUT2D eigenvalue weighted by Gasteiger charge is -2.22. The molecule has 0 amide bonds. The van der Waals surface area contributed by atoms with Crippen molar-refractivity contribution in [3.05, 3.63) is 22.4 Å². The van der Waals surface area contributed by atoms with Crippen LogP contribution in [0, 0.1) is 0 Å². The molecule has 2 heterocycles. The topological polar surface area (TPSA) is 40.5 Å². The summed E-state index contributed by atoms with van der Waals surface area (Å²) in [7, 11) is 0. The summed E-state index contributed by atoms with van der Waals surface area (Å²) >= 11 is 1.64. The highest BCUT2D eigenvalue weighted by Crippen LogP contribution is 2.18. The van der Waals surface area contributed by atoms with E-state index in [4.69, 9.17) is 0 Å². The van der Waals surface area contributed by atoms with E-state index in [0.29, 0.717) is 6.42 Å². The molecule has 82 valence electrons. The standard InChI is InChI=1S/C11H15NO2S/c13-11(14)10(12-5-1-2-6-12)8-9-4-3-7-15-9/h3-4,7,10H,1-2,5-6,8H2,(H,13,14). The number of carboxylic acids is 1. The molecule has 3 nitrogen and oxygen atoms in total. The Kier molecular flexibility index (Phi) is 3.38. The zero-order valence-corrected chi connectivity index (χ0v) is 9.37. The van der Waals surface area contributed by atoms with E-state index in [2.05, 4.69) is 4.90 Å². The van der Waals surface area contributed by atoms with E-state index in [0.717, 1.165) is 30.8 Å². The Labute approximate surface area is 93.3 Å². The predicted molar refractivity (Wildman–Crippen MR) is 60.3 cm³/mol. The van der Waals surface area contributed by atoms with Crippen molar-refractivity contribution in [2.45, 2.75) is 25.3 Å². The van der Waals surface area contributed by atoms with Crippen molar-refractivity contribution in [1.82, 2.24) is 4.90 Å². The van der Waals surface area contributed by atoms with Crippen LogP contribution in [0.25, 0.3) is 0 Å². The number of thiophene rings is 1. The minimum atomic E-state index is -0.690. The molecule has 0 bridgehead atoms. The van der Waals surface area contributed by atoms with E-state index in [1.54, 1.807) is 11.3 Å². The van der Waals surface area contributed by atoms with Crippen LogP contribution in [-0.4, -0.2) is 35.1 Å². The lowest BCUT2D eigenvalue weighted by molar-refractivity contribution is -0.142. The molecular formula is C11H15NO2S. The quantitative estimate of drug-likeness (QED) is 0.850. The van der Waals surface area contributed by atoms with Crippen LogP contribution < -0.4 is 0 Å². The molecule has 2 rings (SSSR count). The maximum atomic E-state index is 11.2. The van der Waals surface area contributed by atoms with Gasteiger partial charge in [-0.05, 0) is 37.4 Å². The fraction of sp³-hybridized carbons (Fsp3) is 0.545. The summed E-state index contributed by atoms with van der Waals surface area (Å²) in [5.74, 6) is -0.690. The number of hydrogen-bond donors (Lipinski definition) is 1. The van der Waals surface area contributed by atoms with Crippen molar-refractivity contribution < 1.29 is 9.90 Å². The van der Waals surface area contributed by atoms with Gasteiger partial charge >= 0.3 is 5.97 Å². The van der Waals surface area contributed by atoms with Crippen LogP contribution >= 0.6 is 11.3 Å². The number of carboxylic acid groups (broad SMARTS) is 1. The first-order valence-electron chi connectivity index (χ1n) is 5.26. The smallest absolute Gasteiger partial charge is 0.321 e. The molecule has 1 fully saturated rings. The maximum Gasteiger partial charge on any atom is 0.321 e. The van der Waals surface area contributed by atoms with Gasteiger partial charge in [0.05, 0.1) is 0 Å². The zero-order valence-electron chi connectivity index (χ0n) is 8.56. The summed E-state index contributed by atoms with van der Waals surface area (Å²) in [5.41, 5.74) is 0. The van der Waals surface area contributed by atoms with E-state index in [-0.39, 0.29) is 6.04 Å². The fourth-order valence-corrected chi connectivity index (χ4v) is 2.79. The van der Waals surface area contributed by atoms with Gasteiger partial charge in [-0.3, -0.25) is 9.69 Å². The van der Waals surface area contributed by atoms with Crippen LogP contribution in [0.1, 0.15) is 17.7 Å². The summed E-state index contributed by atoms with van der Waals surface area (Å²) in [6.45, 7) is 1.87. The lowest BCUT2D eigenvalue weighted by Crippen LogP contribution is -2.40. The van der Waals surface area contributed by atoms with E-state index in [1.165, 1.54) is 0 Å². The van der Waals surface area contributed by atoms with Gasteiger partial charge in [-0.15, -0.1) is 11.3 Å². The largest absolute Gasteiger partial charge is 0.480 e. The van der Waals surface area contributed by atoms with Crippen LogP contribution in [0.2, 0.25) is 0 Å². The van der Waals surface area contributed by atoms with Gasteiger partial charge in [-0.25, -0.2) is 0 Å². The Bertz CT molecular complexity index is 317. The second-order valence-electron chi connectivity index (χ2n) is 3.88. The first kappa shape index (κ1) is 10.6. The summed E-state index contributed by atoms with van der Waals surface area (Å²) in [6.07, 6.45) is 2.91. The third-order valence-corrected chi connectivity index (χ3v) is 3.74. The van der Waals surface area contributed by atoms with E-state index in [9.17, 15) is 9.90 Å². The summed E-state index contributed by atoms with van der Waals surface area (Å²) in [5, 5.41) is 11.2. The Morgan fingerprint density at radius 2 is 2.27 bits per heavy atom. The minimum absolute atomic E-state index is 0.328. The molecule has 1 unspecified atom stereocenters. The molecule has 15 heavy (non-hydrogen) atoms. The van der Waals surface area contributed by atoms with Crippen LogP contribution in [0.5, 0.6) is 0 Å². The third-order valence-electron chi connectivity index (χ3n) is 2.84. The average Bonchev–Trinajstić information content (AvgIpc) is 2.87. The Morgan fingerprint density at radius 3 is 2.80 bits per heavy atom. The number of rotatable bonds is 4. The predicted octanol–water partition coefficient (Wildman–Crippen LogP) is 1.84. The van der Waals surface area contributed by atoms with Gasteiger partial charge in [0.1, 0.15) is 6.04 Å². The second-order valence-corrected chi connectivity index (χ2v) is 4.91. The van der Waals surface area contributed by atoms with Crippen LogP contribution in [0.4, 0.5) is 0 Å². The monoisotopic (exact) mass is 225 g/mol. The Hall–Kier alpha value is -0.870. The van der Waals surface area contributed by atoms with Gasteiger partial charge in [0, 0.05) is 11.3 Å². The molecule has 1 aromatic rings. The Balaban J connectivity index is 2.03. The summed E-state index contributed by atoms with van der Waals surface area (Å²) < 4.78 is 0. The molecule has 0 aliphatic carbocycles. The molecule has 1 atom stereocenters. The molecule has 0 saturated carbocycles. The van der Waals surface area contributed by atoms with E-state index >= 15 is 0 Å². The first-order valence-corrected chi connectivity index (χ1v) is 6.14. The summed E-state index contributed by atoms with van der Waals surface area (Å²) in [6, 6.07) is 3.66. The van der Waals surface area contributed by atoms with Crippen molar-refractivity contribution in [2.75, 3.05) is 13.1 Å². The minimum Gasteiger partial charge on any atom is -0.480 e. The molecule has 1 N–H and O–H groups in total. The second kappa shape index (κ2) is 4.77. The van der Waals surface area contributed by atoms with Gasteiger partial charge in [-0.2, -0.15) is 0 Å². The molecule has 0 spiro atoms. The van der Waals surface area contributed by atoms with Crippen molar-refractivity contribution in [2.24, 2.45) is 0 Å². The number of nitrogens with zero attached hydrogens (tertiary/aromatic N) is 1. The van der Waals surface area contributed by atoms with Gasteiger partial charge in [0.15, 0.2) is 0 Å². The zero-order chi connectivity index (χ0) is 10.7. The summed E-state index contributed by atoms with van der Waals surface area (Å²) in [4.78, 5) is 14.4. The van der Waals surface area contributed by atoms with Crippen LogP contribution in [0.3, 0.4) is 0 Å². The third kappa shape index (κ3) is 2.58. The van der Waals surface area contributed by atoms with Gasteiger partial charge in [-0.1, -0.05) is 6.07 Å². The molecule has 1 saturated heterocycles. The van der Waals surface area contributed by atoms with Crippen molar-refractivity contribution in [3.8, 4) is 0 Å². The lowest BCUT2D eigenvalue weighted by atomic mass is 10.1. The number of carbonyl (C=O) groups is 1. The molecule has 4 heteroatoms. The molecule has 1 aromatic heterocycles. The maximum absolute atomic E-state index is 11.2. The van der Waals surface area contributed by atoms with Crippen LogP contribution in [0.15, 0.2) is 17.5 Å². The van der Waals surface area contributed by atoms with Crippen molar-refractivity contribution in [1.29, 1.82) is 0 Å². The fourth-order valence-electron chi connectivity index (χ4n) is 2.05. The molecule has 1 aliphatic rings. The van der Waals surface area contributed by atoms with E-state index < -0.39 is 5.97 Å². The van der Waals surface area contributed by atoms with Crippen molar-refractivity contribution >= 4 is 17.3 Å². The number of aliphatic carboxylic acids is 1. The molecule has 0 aromatic carbocycles. The van der Waals surface area contributed by atoms with Gasteiger partial charge in [0.25, 0.3) is 0 Å². The SMILES string of the molecule is O=C(O)C(Cc1cccs1)N1CCCC1.